The fourth-order valence-electron chi connectivity index (χ4n) is 2.97. The SMILES string of the molecule is Cc1nn(-c2ccccc2)c2c1nnn2[C@@H]1O[C@H](CO)[C@@H](O)[C@H]1O. The van der Waals surface area contributed by atoms with E-state index in [0.717, 1.165) is 5.69 Å². The minimum Gasteiger partial charge on any atom is -0.394 e. The maximum absolute atomic E-state index is 10.3. The Hall–Kier alpha value is -2.33. The number of hydrogen-bond acceptors (Lipinski definition) is 7. The van der Waals surface area contributed by atoms with Gasteiger partial charge in [-0.05, 0) is 19.1 Å². The molecule has 0 aliphatic carbocycles. The van der Waals surface area contributed by atoms with E-state index in [4.69, 9.17) is 4.74 Å². The minimum atomic E-state index is -1.23. The maximum Gasteiger partial charge on any atom is 0.185 e. The van der Waals surface area contributed by atoms with Gasteiger partial charge in [-0.1, -0.05) is 23.4 Å². The van der Waals surface area contributed by atoms with E-state index in [1.165, 1.54) is 4.68 Å². The number of benzene rings is 1. The maximum atomic E-state index is 10.3. The molecule has 0 spiro atoms. The molecule has 3 heterocycles. The lowest BCUT2D eigenvalue weighted by molar-refractivity contribution is -0.0576. The molecular formula is C15H17N5O4. The third kappa shape index (κ3) is 2.13. The molecule has 1 saturated heterocycles. The van der Waals surface area contributed by atoms with Gasteiger partial charge in [-0.3, -0.25) is 0 Å². The predicted molar refractivity (Wildman–Crippen MR) is 82.4 cm³/mol. The van der Waals surface area contributed by atoms with Crippen molar-refractivity contribution in [3.63, 3.8) is 0 Å². The van der Waals surface area contributed by atoms with E-state index in [2.05, 4.69) is 15.4 Å². The van der Waals surface area contributed by atoms with E-state index in [-0.39, 0.29) is 0 Å². The molecule has 2 aromatic heterocycles. The summed E-state index contributed by atoms with van der Waals surface area (Å²) in [4.78, 5) is 0. The molecule has 126 valence electrons. The molecule has 1 aliphatic rings. The molecule has 0 bridgehead atoms. The zero-order valence-corrected chi connectivity index (χ0v) is 12.9. The van der Waals surface area contributed by atoms with Crippen LogP contribution >= 0.6 is 0 Å². The van der Waals surface area contributed by atoms with E-state index in [1.807, 2.05) is 37.3 Å². The Bertz CT molecular complexity index is 862. The third-order valence-electron chi connectivity index (χ3n) is 4.22. The molecule has 9 nitrogen and oxygen atoms in total. The van der Waals surface area contributed by atoms with E-state index in [0.29, 0.717) is 16.9 Å². The summed E-state index contributed by atoms with van der Waals surface area (Å²) >= 11 is 0. The summed E-state index contributed by atoms with van der Waals surface area (Å²) in [6, 6.07) is 9.46. The van der Waals surface area contributed by atoms with Gasteiger partial charge in [0.15, 0.2) is 17.4 Å². The van der Waals surface area contributed by atoms with Crippen LogP contribution < -0.4 is 0 Å². The highest BCUT2D eigenvalue weighted by atomic mass is 16.6. The van der Waals surface area contributed by atoms with Crippen LogP contribution in [0.1, 0.15) is 11.9 Å². The quantitative estimate of drug-likeness (QED) is 0.594. The van der Waals surface area contributed by atoms with Crippen LogP contribution in [0.3, 0.4) is 0 Å². The molecule has 4 rings (SSSR count). The van der Waals surface area contributed by atoms with Gasteiger partial charge in [0.1, 0.15) is 18.3 Å². The lowest BCUT2D eigenvalue weighted by Crippen LogP contribution is -2.33. The molecule has 0 saturated carbocycles. The van der Waals surface area contributed by atoms with Crippen LogP contribution in [0.4, 0.5) is 0 Å². The Morgan fingerprint density at radius 1 is 1.17 bits per heavy atom. The van der Waals surface area contributed by atoms with E-state index >= 15 is 0 Å². The van der Waals surface area contributed by atoms with Crippen molar-refractivity contribution in [2.24, 2.45) is 0 Å². The second kappa shape index (κ2) is 5.64. The molecule has 4 atom stereocenters. The number of fused-ring (bicyclic) bond motifs is 1. The van der Waals surface area contributed by atoms with Crippen molar-refractivity contribution in [2.75, 3.05) is 6.61 Å². The molecule has 3 aromatic rings. The van der Waals surface area contributed by atoms with Gasteiger partial charge < -0.3 is 20.1 Å². The standard InChI is InChI=1S/C15H17N5O4/c1-8-11-14(19(17-8)9-5-3-2-4-6-9)20(18-16-11)15-13(23)12(22)10(7-21)24-15/h2-6,10,12-13,15,21-23H,7H2,1H3/t10-,12-,13-,15-/m1/s1. The number of aryl methyl sites for hydroxylation is 1. The highest BCUT2D eigenvalue weighted by Crippen LogP contribution is 2.32. The van der Waals surface area contributed by atoms with Crippen LogP contribution in [0.25, 0.3) is 16.9 Å². The normalized spacial score (nSPS) is 27.2. The molecule has 9 heteroatoms. The number of hydrogen-bond donors (Lipinski definition) is 3. The zero-order chi connectivity index (χ0) is 16.8. The zero-order valence-electron chi connectivity index (χ0n) is 12.9. The minimum absolute atomic E-state index is 0.399. The average Bonchev–Trinajstić information content (AvgIpc) is 3.25. The summed E-state index contributed by atoms with van der Waals surface area (Å²) in [5.41, 5.74) is 2.63. The number of aliphatic hydroxyl groups is 3. The van der Waals surface area contributed by atoms with Crippen molar-refractivity contribution in [2.45, 2.75) is 31.5 Å². The summed E-state index contributed by atoms with van der Waals surface area (Å²) in [5, 5.41) is 42.1. The Balaban J connectivity index is 1.86. The summed E-state index contributed by atoms with van der Waals surface area (Å²) in [6.07, 6.45) is -4.26. The molecule has 0 unspecified atom stereocenters. The summed E-state index contributed by atoms with van der Waals surface area (Å²) in [5.74, 6) is 0. The summed E-state index contributed by atoms with van der Waals surface area (Å²) in [7, 11) is 0. The van der Waals surface area contributed by atoms with Crippen LogP contribution in [0.15, 0.2) is 30.3 Å². The van der Waals surface area contributed by atoms with Crippen molar-refractivity contribution in [3.8, 4) is 5.69 Å². The number of ether oxygens (including phenoxy) is 1. The first-order valence-electron chi connectivity index (χ1n) is 7.60. The van der Waals surface area contributed by atoms with Crippen molar-refractivity contribution in [1.82, 2.24) is 24.8 Å². The molecule has 24 heavy (non-hydrogen) atoms. The van der Waals surface area contributed by atoms with Gasteiger partial charge in [-0.25, -0.2) is 4.68 Å². The lowest BCUT2D eigenvalue weighted by Gasteiger charge is -2.15. The number of nitrogens with zero attached hydrogens (tertiary/aromatic N) is 5. The second-order valence-corrected chi connectivity index (χ2v) is 5.77. The van der Waals surface area contributed by atoms with Gasteiger partial charge in [-0.15, -0.1) is 5.10 Å². The number of rotatable bonds is 3. The largest absolute Gasteiger partial charge is 0.394 e. The van der Waals surface area contributed by atoms with E-state index in [1.54, 1.807) is 4.68 Å². The fourth-order valence-corrected chi connectivity index (χ4v) is 2.97. The molecule has 3 N–H and O–H groups in total. The second-order valence-electron chi connectivity index (χ2n) is 5.77. The highest BCUT2D eigenvalue weighted by Gasteiger charge is 2.45. The van der Waals surface area contributed by atoms with Crippen LogP contribution in [-0.2, 0) is 4.74 Å². The Morgan fingerprint density at radius 3 is 2.58 bits per heavy atom. The monoisotopic (exact) mass is 331 g/mol. The first-order chi connectivity index (χ1) is 11.6. The van der Waals surface area contributed by atoms with Gasteiger partial charge in [0.25, 0.3) is 0 Å². The van der Waals surface area contributed by atoms with Gasteiger partial charge in [0.05, 0.1) is 18.0 Å². The smallest absolute Gasteiger partial charge is 0.185 e. The third-order valence-corrected chi connectivity index (χ3v) is 4.22. The van der Waals surface area contributed by atoms with Crippen molar-refractivity contribution < 1.29 is 20.1 Å². The van der Waals surface area contributed by atoms with E-state index < -0.39 is 31.1 Å². The fraction of sp³-hybridized carbons (Fsp3) is 0.400. The number of aliphatic hydroxyl groups excluding tert-OH is 3. The Labute approximate surface area is 136 Å². The lowest BCUT2D eigenvalue weighted by atomic mass is 10.1. The first kappa shape index (κ1) is 15.2. The molecule has 0 radical (unpaired) electrons. The number of para-hydroxylation sites is 1. The number of aromatic nitrogens is 5. The first-order valence-corrected chi connectivity index (χ1v) is 7.60. The predicted octanol–water partition coefficient (Wildman–Crippen LogP) is -0.463. The Kier molecular flexibility index (Phi) is 3.57. The van der Waals surface area contributed by atoms with Crippen molar-refractivity contribution >= 4 is 11.2 Å². The van der Waals surface area contributed by atoms with Gasteiger partial charge in [-0.2, -0.15) is 9.78 Å². The van der Waals surface area contributed by atoms with E-state index in [9.17, 15) is 15.3 Å². The summed E-state index contributed by atoms with van der Waals surface area (Å²) in [6.45, 7) is 1.42. The topological polar surface area (TPSA) is 118 Å². The van der Waals surface area contributed by atoms with Crippen molar-refractivity contribution in [3.05, 3.63) is 36.0 Å². The van der Waals surface area contributed by atoms with Crippen molar-refractivity contribution in [1.29, 1.82) is 0 Å². The molecule has 1 aromatic carbocycles. The van der Waals surface area contributed by atoms with Crippen LogP contribution in [0.5, 0.6) is 0 Å². The summed E-state index contributed by atoms with van der Waals surface area (Å²) < 4.78 is 8.62. The molecule has 0 amide bonds. The van der Waals surface area contributed by atoms with Crippen LogP contribution in [-0.4, -0.2) is 65.0 Å². The average molecular weight is 331 g/mol. The highest BCUT2D eigenvalue weighted by molar-refractivity contribution is 5.75. The molecular weight excluding hydrogens is 314 g/mol. The molecule has 1 fully saturated rings. The molecule has 1 aliphatic heterocycles. The van der Waals surface area contributed by atoms with Gasteiger partial charge >= 0.3 is 0 Å². The Morgan fingerprint density at radius 2 is 1.92 bits per heavy atom. The van der Waals surface area contributed by atoms with Crippen LogP contribution in [0.2, 0.25) is 0 Å². The van der Waals surface area contributed by atoms with Crippen LogP contribution in [0, 0.1) is 6.92 Å². The van der Waals surface area contributed by atoms with Gasteiger partial charge in [0.2, 0.25) is 0 Å². The van der Waals surface area contributed by atoms with Gasteiger partial charge in [0, 0.05) is 0 Å².